The van der Waals surface area contributed by atoms with Crippen molar-refractivity contribution in [2.75, 3.05) is 0 Å². The molecule has 0 saturated heterocycles. The van der Waals surface area contributed by atoms with Crippen molar-refractivity contribution in [1.29, 1.82) is 0 Å². The summed E-state index contributed by atoms with van der Waals surface area (Å²) in [6.45, 7) is 5.82. The van der Waals surface area contributed by atoms with E-state index < -0.39 is 0 Å². The minimum Gasteiger partial charge on any atom is -0.347 e. The van der Waals surface area contributed by atoms with Crippen molar-refractivity contribution in [2.24, 2.45) is 0 Å². The summed E-state index contributed by atoms with van der Waals surface area (Å²) < 4.78 is 0.728. The lowest BCUT2D eigenvalue weighted by Gasteiger charge is -2.20. The van der Waals surface area contributed by atoms with Crippen molar-refractivity contribution in [3.05, 3.63) is 33.3 Å². The van der Waals surface area contributed by atoms with Crippen LogP contribution in [0.2, 0.25) is 5.02 Å². The van der Waals surface area contributed by atoms with Gasteiger partial charge in [-0.3, -0.25) is 4.79 Å². The van der Waals surface area contributed by atoms with E-state index in [1.54, 1.807) is 18.2 Å². The van der Waals surface area contributed by atoms with E-state index in [0.29, 0.717) is 10.6 Å². The van der Waals surface area contributed by atoms with E-state index in [9.17, 15) is 4.79 Å². The molecule has 0 bridgehead atoms. The summed E-state index contributed by atoms with van der Waals surface area (Å²) in [6, 6.07) is 5.11. The molecule has 4 heteroatoms. The molecule has 0 atom stereocenters. The number of nitrogens with one attached hydrogen (secondary N) is 1. The molecule has 1 rings (SSSR count). The lowest BCUT2D eigenvalue weighted by Crippen LogP contribution is -2.40. The van der Waals surface area contributed by atoms with Crippen molar-refractivity contribution in [3.63, 3.8) is 0 Å². The maximum Gasteiger partial charge on any atom is 0.251 e. The summed E-state index contributed by atoms with van der Waals surface area (Å²) >= 11 is 9.12. The third-order valence-corrected chi connectivity index (χ3v) is 2.88. The normalized spacial score (nSPS) is 11.3. The summed E-state index contributed by atoms with van der Waals surface area (Å²) in [5.74, 6) is -0.0973. The van der Waals surface area contributed by atoms with Crippen molar-refractivity contribution >= 4 is 33.4 Å². The van der Waals surface area contributed by atoms with Crippen LogP contribution >= 0.6 is 27.5 Å². The Morgan fingerprint density at radius 2 is 2.00 bits per heavy atom. The maximum absolute atomic E-state index is 11.7. The van der Waals surface area contributed by atoms with E-state index in [-0.39, 0.29) is 11.4 Å². The fraction of sp³-hybridized carbons (Fsp3) is 0.364. The number of hydrogen-bond acceptors (Lipinski definition) is 1. The highest BCUT2D eigenvalue weighted by Gasteiger charge is 2.15. The zero-order chi connectivity index (χ0) is 11.6. The number of hydrogen-bond donors (Lipinski definition) is 1. The minimum absolute atomic E-state index is 0.0973. The van der Waals surface area contributed by atoms with Gasteiger partial charge in [0.05, 0.1) is 5.02 Å². The van der Waals surface area contributed by atoms with Crippen LogP contribution in [0.1, 0.15) is 31.1 Å². The van der Waals surface area contributed by atoms with Crippen LogP contribution in [0.3, 0.4) is 0 Å². The number of halogens is 2. The summed E-state index contributed by atoms with van der Waals surface area (Å²) in [7, 11) is 0. The van der Waals surface area contributed by atoms with Crippen molar-refractivity contribution < 1.29 is 4.79 Å². The molecule has 0 aromatic heterocycles. The quantitative estimate of drug-likeness (QED) is 0.841. The Labute approximate surface area is 103 Å². The van der Waals surface area contributed by atoms with Crippen LogP contribution in [0, 0.1) is 0 Å². The second-order valence-electron chi connectivity index (χ2n) is 4.33. The molecule has 82 valence electrons. The van der Waals surface area contributed by atoms with Gasteiger partial charge in [-0.1, -0.05) is 11.6 Å². The Bertz CT molecular complexity index is 385. The van der Waals surface area contributed by atoms with Gasteiger partial charge in [-0.2, -0.15) is 0 Å². The van der Waals surface area contributed by atoms with Gasteiger partial charge in [-0.25, -0.2) is 0 Å². The average molecular weight is 291 g/mol. The first-order valence-corrected chi connectivity index (χ1v) is 5.74. The Morgan fingerprint density at radius 1 is 1.40 bits per heavy atom. The lowest BCUT2D eigenvalue weighted by atomic mass is 10.1. The molecule has 2 nitrogen and oxygen atoms in total. The monoisotopic (exact) mass is 289 g/mol. The first kappa shape index (κ1) is 12.5. The molecule has 0 aliphatic carbocycles. The lowest BCUT2D eigenvalue weighted by molar-refractivity contribution is 0.0919. The first-order valence-electron chi connectivity index (χ1n) is 4.57. The van der Waals surface area contributed by atoms with Gasteiger partial charge < -0.3 is 5.32 Å². The van der Waals surface area contributed by atoms with Gasteiger partial charge in [0, 0.05) is 15.6 Å². The molecular weight excluding hydrogens is 277 g/mol. The Hall–Kier alpha value is -0.540. The Morgan fingerprint density at radius 3 is 2.47 bits per heavy atom. The molecule has 15 heavy (non-hydrogen) atoms. The molecule has 0 aliphatic rings. The maximum atomic E-state index is 11.7. The van der Waals surface area contributed by atoms with E-state index >= 15 is 0 Å². The third kappa shape index (κ3) is 3.84. The number of carbonyl (C=O) groups excluding carboxylic acids is 1. The number of rotatable bonds is 1. The highest BCUT2D eigenvalue weighted by atomic mass is 79.9. The summed E-state index contributed by atoms with van der Waals surface area (Å²) in [5.41, 5.74) is 0.365. The van der Waals surface area contributed by atoms with Gasteiger partial charge in [0.15, 0.2) is 0 Å². The zero-order valence-corrected chi connectivity index (χ0v) is 11.2. The smallest absolute Gasteiger partial charge is 0.251 e. The number of carbonyl (C=O) groups is 1. The SMILES string of the molecule is CC(C)(C)NC(=O)c1ccc(Cl)c(Br)c1. The predicted molar refractivity (Wildman–Crippen MR) is 66.4 cm³/mol. The highest BCUT2D eigenvalue weighted by molar-refractivity contribution is 9.10. The van der Waals surface area contributed by atoms with E-state index in [2.05, 4.69) is 21.2 Å². The van der Waals surface area contributed by atoms with Crippen LogP contribution in [-0.4, -0.2) is 11.4 Å². The van der Waals surface area contributed by atoms with Crippen LogP contribution in [0.5, 0.6) is 0 Å². The molecule has 1 N–H and O–H groups in total. The van der Waals surface area contributed by atoms with Crippen molar-refractivity contribution in [3.8, 4) is 0 Å². The van der Waals surface area contributed by atoms with E-state index in [1.807, 2.05) is 20.8 Å². The van der Waals surface area contributed by atoms with Crippen LogP contribution in [0.4, 0.5) is 0 Å². The number of benzene rings is 1. The standard InChI is InChI=1S/C11H13BrClNO/c1-11(2,3)14-10(15)7-4-5-9(13)8(12)6-7/h4-6H,1-3H3,(H,14,15). The van der Waals surface area contributed by atoms with Crippen LogP contribution in [-0.2, 0) is 0 Å². The largest absolute Gasteiger partial charge is 0.347 e. The van der Waals surface area contributed by atoms with Gasteiger partial charge in [0.1, 0.15) is 0 Å². The molecule has 0 unspecified atom stereocenters. The van der Waals surface area contributed by atoms with Gasteiger partial charge in [0.2, 0.25) is 0 Å². The van der Waals surface area contributed by atoms with E-state index in [1.165, 1.54) is 0 Å². The van der Waals surface area contributed by atoms with Crippen LogP contribution in [0.15, 0.2) is 22.7 Å². The second kappa shape index (κ2) is 4.54. The number of amides is 1. The average Bonchev–Trinajstić information content (AvgIpc) is 2.06. The molecule has 1 aromatic rings. The molecular formula is C11H13BrClNO. The van der Waals surface area contributed by atoms with Crippen LogP contribution in [0.25, 0.3) is 0 Å². The van der Waals surface area contributed by atoms with Crippen molar-refractivity contribution in [1.82, 2.24) is 5.32 Å². The molecule has 1 amide bonds. The molecule has 1 aromatic carbocycles. The molecule has 0 fully saturated rings. The Balaban J connectivity index is 2.88. The van der Waals surface area contributed by atoms with Crippen molar-refractivity contribution in [2.45, 2.75) is 26.3 Å². The summed E-state index contributed by atoms with van der Waals surface area (Å²) in [6.07, 6.45) is 0. The highest BCUT2D eigenvalue weighted by Crippen LogP contribution is 2.23. The molecule has 0 saturated carbocycles. The fourth-order valence-electron chi connectivity index (χ4n) is 1.05. The zero-order valence-electron chi connectivity index (χ0n) is 8.90. The van der Waals surface area contributed by atoms with E-state index in [4.69, 9.17) is 11.6 Å². The third-order valence-electron chi connectivity index (χ3n) is 1.67. The molecule has 0 aliphatic heterocycles. The van der Waals surface area contributed by atoms with Gasteiger partial charge in [0.25, 0.3) is 5.91 Å². The summed E-state index contributed by atoms with van der Waals surface area (Å²) in [5, 5.41) is 3.48. The molecule has 0 heterocycles. The fourth-order valence-corrected chi connectivity index (χ4v) is 1.55. The topological polar surface area (TPSA) is 29.1 Å². The molecule has 0 spiro atoms. The second-order valence-corrected chi connectivity index (χ2v) is 5.59. The predicted octanol–water partition coefficient (Wildman–Crippen LogP) is 3.63. The summed E-state index contributed by atoms with van der Waals surface area (Å²) in [4.78, 5) is 11.7. The molecule has 0 radical (unpaired) electrons. The van der Waals surface area contributed by atoms with Gasteiger partial charge in [-0.05, 0) is 54.9 Å². The first-order chi connectivity index (χ1) is 6.79. The van der Waals surface area contributed by atoms with Gasteiger partial charge in [-0.15, -0.1) is 0 Å². The minimum atomic E-state index is -0.233. The van der Waals surface area contributed by atoms with Gasteiger partial charge >= 0.3 is 0 Å². The van der Waals surface area contributed by atoms with E-state index in [0.717, 1.165) is 4.47 Å². The van der Waals surface area contributed by atoms with Crippen LogP contribution < -0.4 is 5.32 Å². The Kier molecular flexibility index (Phi) is 3.79.